The molecule has 2 rings (SSSR count). The van der Waals surface area contributed by atoms with Gasteiger partial charge in [0.05, 0.1) is 11.4 Å². The van der Waals surface area contributed by atoms with Crippen LogP contribution in [0.1, 0.15) is 30.7 Å². The Hall–Kier alpha value is -0.920. The molecule has 0 saturated carbocycles. The quantitative estimate of drug-likeness (QED) is 0.896. The molecule has 0 bridgehead atoms. The highest BCUT2D eigenvalue weighted by molar-refractivity contribution is 7.89. The monoisotopic (exact) mass is 300 g/mol. The largest absolute Gasteiger partial charge is 0.317 e. The molecule has 20 heavy (non-hydrogen) atoms. The molecule has 7 heteroatoms. The van der Waals surface area contributed by atoms with Crippen molar-refractivity contribution in [3.8, 4) is 0 Å². The van der Waals surface area contributed by atoms with Crippen molar-refractivity contribution in [1.82, 2.24) is 19.4 Å². The maximum atomic E-state index is 12.9. The molecule has 1 fully saturated rings. The molecule has 0 aliphatic carbocycles. The maximum Gasteiger partial charge on any atom is 0.246 e. The van der Waals surface area contributed by atoms with Crippen LogP contribution < -0.4 is 5.32 Å². The first kappa shape index (κ1) is 15.5. The summed E-state index contributed by atoms with van der Waals surface area (Å²) in [5.74, 6) is 0. The fourth-order valence-electron chi connectivity index (χ4n) is 2.83. The van der Waals surface area contributed by atoms with E-state index in [2.05, 4.69) is 10.4 Å². The lowest BCUT2D eigenvalue weighted by Crippen LogP contribution is -2.38. The van der Waals surface area contributed by atoms with Crippen molar-refractivity contribution in [2.24, 2.45) is 7.05 Å². The summed E-state index contributed by atoms with van der Waals surface area (Å²) >= 11 is 0. The van der Waals surface area contributed by atoms with Crippen LogP contribution in [0.15, 0.2) is 4.90 Å². The van der Waals surface area contributed by atoms with Crippen LogP contribution in [0.3, 0.4) is 0 Å². The van der Waals surface area contributed by atoms with E-state index in [-0.39, 0.29) is 6.04 Å². The van der Waals surface area contributed by atoms with Crippen molar-refractivity contribution in [3.63, 3.8) is 0 Å². The maximum absolute atomic E-state index is 12.9. The van der Waals surface area contributed by atoms with Crippen LogP contribution in [0.2, 0.25) is 0 Å². The van der Waals surface area contributed by atoms with Gasteiger partial charge in [-0.15, -0.1) is 0 Å². The first-order valence-corrected chi connectivity index (χ1v) is 8.48. The molecule has 0 radical (unpaired) electrons. The van der Waals surface area contributed by atoms with Gasteiger partial charge in [-0.3, -0.25) is 4.68 Å². The minimum atomic E-state index is -3.47. The highest BCUT2D eigenvalue weighted by Crippen LogP contribution is 2.25. The summed E-state index contributed by atoms with van der Waals surface area (Å²) in [7, 11) is -0.00671. The van der Waals surface area contributed by atoms with Gasteiger partial charge in [-0.1, -0.05) is 0 Å². The molecule has 1 N–H and O–H groups in total. The van der Waals surface area contributed by atoms with E-state index in [1.165, 1.54) is 4.31 Å². The van der Waals surface area contributed by atoms with Gasteiger partial charge in [0.2, 0.25) is 10.0 Å². The lowest BCUT2D eigenvalue weighted by molar-refractivity contribution is 0.341. The zero-order valence-corrected chi connectivity index (χ0v) is 13.5. The predicted octanol–water partition coefficient (Wildman–Crippen LogP) is 0.800. The lowest BCUT2D eigenvalue weighted by Gasteiger charge is -2.26. The van der Waals surface area contributed by atoms with Crippen molar-refractivity contribution in [2.75, 3.05) is 20.1 Å². The second-order valence-electron chi connectivity index (χ2n) is 5.48. The first-order valence-electron chi connectivity index (χ1n) is 7.04. The number of aryl methyl sites for hydroxylation is 2. The highest BCUT2D eigenvalue weighted by Gasteiger charge is 2.32. The normalized spacial score (nSPS) is 21.1. The topological polar surface area (TPSA) is 67.2 Å². The van der Waals surface area contributed by atoms with Gasteiger partial charge in [-0.2, -0.15) is 9.40 Å². The molecule has 6 nitrogen and oxygen atoms in total. The zero-order valence-electron chi connectivity index (χ0n) is 12.7. The number of sulfonamides is 1. The fourth-order valence-corrected chi connectivity index (χ4v) is 4.64. The Bertz CT molecular complexity index is 571. The molecule has 1 aliphatic heterocycles. The highest BCUT2D eigenvalue weighted by atomic mass is 32.2. The fraction of sp³-hybridized carbons (Fsp3) is 0.769. The number of aromatic nitrogens is 2. The van der Waals surface area contributed by atoms with Crippen molar-refractivity contribution < 1.29 is 8.42 Å². The van der Waals surface area contributed by atoms with Gasteiger partial charge in [-0.25, -0.2) is 8.42 Å². The molecule has 0 spiro atoms. The molecule has 2 heterocycles. The summed E-state index contributed by atoms with van der Waals surface area (Å²) in [6, 6.07) is 0.0639. The third kappa shape index (κ3) is 2.75. The third-order valence-electron chi connectivity index (χ3n) is 4.14. The Morgan fingerprint density at radius 2 is 2.00 bits per heavy atom. The van der Waals surface area contributed by atoms with E-state index in [0.29, 0.717) is 16.3 Å². The molecule has 0 aromatic carbocycles. The van der Waals surface area contributed by atoms with E-state index in [0.717, 1.165) is 32.4 Å². The molecule has 1 aromatic heterocycles. The molecule has 1 unspecified atom stereocenters. The average molecular weight is 300 g/mol. The second-order valence-corrected chi connectivity index (χ2v) is 7.41. The molecule has 1 saturated heterocycles. The van der Waals surface area contributed by atoms with Crippen LogP contribution in [0, 0.1) is 13.8 Å². The molecule has 114 valence electrons. The minimum absolute atomic E-state index is 0.0639. The smallest absolute Gasteiger partial charge is 0.246 e. The molecule has 1 atom stereocenters. The number of hydrogen-bond acceptors (Lipinski definition) is 4. The Morgan fingerprint density at radius 3 is 2.60 bits per heavy atom. The van der Waals surface area contributed by atoms with E-state index in [9.17, 15) is 8.42 Å². The lowest BCUT2D eigenvalue weighted by atomic mass is 10.1. The minimum Gasteiger partial charge on any atom is -0.317 e. The summed E-state index contributed by atoms with van der Waals surface area (Å²) in [5.41, 5.74) is 1.27. The van der Waals surface area contributed by atoms with Crippen LogP contribution in [0.25, 0.3) is 0 Å². The predicted molar refractivity (Wildman–Crippen MR) is 78.1 cm³/mol. The number of hydrogen-bond donors (Lipinski definition) is 1. The van der Waals surface area contributed by atoms with Gasteiger partial charge in [0, 0.05) is 20.1 Å². The van der Waals surface area contributed by atoms with Crippen molar-refractivity contribution in [2.45, 2.75) is 44.0 Å². The van der Waals surface area contributed by atoms with Crippen LogP contribution in [-0.2, 0) is 17.1 Å². The Kier molecular flexibility index (Phi) is 4.51. The second kappa shape index (κ2) is 5.83. The van der Waals surface area contributed by atoms with Gasteiger partial charge < -0.3 is 5.32 Å². The molecule has 0 amide bonds. The van der Waals surface area contributed by atoms with Gasteiger partial charge in [-0.05, 0) is 46.2 Å². The molecular weight excluding hydrogens is 276 g/mol. The van der Waals surface area contributed by atoms with Crippen molar-refractivity contribution in [3.05, 3.63) is 11.4 Å². The Morgan fingerprint density at radius 1 is 1.30 bits per heavy atom. The van der Waals surface area contributed by atoms with Crippen LogP contribution in [0.5, 0.6) is 0 Å². The Balaban J connectivity index is 2.33. The van der Waals surface area contributed by atoms with Crippen LogP contribution in [-0.4, -0.2) is 48.7 Å². The summed E-state index contributed by atoms with van der Waals surface area (Å²) in [5, 5.41) is 7.53. The average Bonchev–Trinajstić information content (AvgIpc) is 2.61. The van der Waals surface area contributed by atoms with E-state index in [1.807, 2.05) is 0 Å². The van der Waals surface area contributed by atoms with E-state index >= 15 is 0 Å². The summed E-state index contributed by atoms with van der Waals surface area (Å²) in [6.07, 6.45) is 2.77. The van der Waals surface area contributed by atoms with Gasteiger partial charge in [0.25, 0.3) is 0 Å². The van der Waals surface area contributed by atoms with E-state index in [1.54, 1.807) is 32.6 Å². The van der Waals surface area contributed by atoms with Gasteiger partial charge >= 0.3 is 0 Å². The van der Waals surface area contributed by atoms with Crippen LogP contribution >= 0.6 is 0 Å². The van der Waals surface area contributed by atoms with E-state index in [4.69, 9.17) is 0 Å². The first-order chi connectivity index (χ1) is 9.35. The molecule has 1 aliphatic rings. The zero-order chi connectivity index (χ0) is 14.9. The van der Waals surface area contributed by atoms with Gasteiger partial charge in [0.1, 0.15) is 4.90 Å². The van der Waals surface area contributed by atoms with Gasteiger partial charge in [0.15, 0.2) is 0 Å². The van der Waals surface area contributed by atoms with Crippen LogP contribution in [0.4, 0.5) is 0 Å². The van der Waals surface area contributed by atoms with Crippen molar-refractivity contribution in [1.29, 1.82) is 0 Å². The summed E-state index contributed by atoms with van der Waals surface area (Å²) < 4.78 is 28.9. The van der Waals surface area contributed by atoms with E-state index < -0.39 is 10.0 Å². The number of nitrogens with one attached hydrogen (secondary N) is 1. The SMILES string of the molecule is Cc1nn(C)c(C)c1S(=O)(=O)N(C)C1CCCNCC1. The van der Waals surface area contributed by atoms with Crippen molar-refractivity contribution >= 4 is 10.0 Å². The summed E-state index contributed by atoms with van der Waals surface area (Å²) in [6.45, 7) is 5.39. The summed E-state index contributed by atoms with van der Waals surface area (Å²) in [4.78, 5) is 0.361. The number of rotatable bonds is 3. The standard InChI is InChI=1S/C13H24N4O2S/c1-10-13(11(2)16(3)15-10)20(18,19)17(4)12-6-5-8-14-9-7-12/h12,14H,5-9H2,1-4H3. The Labute approximate surface area is 121 Å². The third-order valence-corrected chi connectivity index (χ3v) is 6.30. The number of nitrogens with zero attached hydrogens (tertiary/aromatic N) is 3. The molecular formula is C13H24N4O2S. The molecule has 1 aromatic rings.